The molecule has 196 valence electrons. The number of rotatable bonds is 2. The molecule has 4 aromatic rings. The summed E-state index contributed by atoms with van der Waals surface area (Å²) in [6.07, 6.45) is -1.13. The third-order valence-corrected chi connectivity index (χ3v) is 7.82. The SMILES string of the molecule is COC(=O)c1c2c(c3ccccc3c1O)O[C@H]1c3c(C(=O)OC)c(O)c4ccccc4c3O[C@]13COC(=O)[C@H]23. The van der Waals surface area contributed by atoms with Crippen molar-refractivity contribution in [2.75, 3.05) is 20.8 Å². The number of aromatic hydroxyl groups is 2. The Morgan fingerprint density at radius 3 is 1.90 bits per heavy atom. The number of benzene rings is 4. The summed E-state index contributed by atoms with van der Waals surface area (Å²) in [5.74, 6) is -3.98. The molecule has 3 heterocycles. The van der Waals surface area contributed by atoms with Gasteiger partial charge in [-0.15, -0.1) is 0 Å². The summed E-state index contributed by atoms with van der Waals surface area (Å²) >= 11 is 0. The zero-order chi connectivity index (χ0) is 27.2. The summed E-state index contributed by atoms with van der Waals surface area (Å²) in [7, 11) is 2.36. The number of cyclic esters (lactones) is 1. The standard InChI is InChI=1S/C29H20O10/c1-35-26(32)17-16-20-28(34)37-11-29(20)25(38-23(16)14-9-5-3-7-12(14)21(17)30)19-18(27(33)36-2)22(31)13-8-4-6-10-15(13)24(19)39-29/h3-10,20,25,30-31H,11H2,1-2H3/t20-,25-,29-/m0/s1. The molecular weight excluding hydrogens is 508 g/mol. The molecule has 0 saturated carbocycles. The fraction of sp³-hybridized carbons (Fsp3) is 0.207. The number of esters is 3. The van der Waals surface area contributed by atoms with Gasteiger partial charge in [-0.1, -0.05) is 48.5 Å². The lowest BCUT2D eigenvalue weighted by atomic mass is 9.73. The smallest absolute Gasteiger partial charge is 0.342 e. The minimum Gasteiger partial charge on any atom is -0.506 e. The van der Waals surface area contributed by atoms with Crippen LogP contribution in [0.15, 0.2) is 48.5 Å². The van der Waals surface area contributed by atoms with E-state index in [1.807, 2.05) is 0 Å². The highest BCUT2D eigenvalue weighted by Gasteiger charge is 2.68. The molecule has 1 spiro atoms. The van der Waals surface area contributed by atoms with E-state index in [1.165, 1.54) is 7.11 Å². The fourth-order valence-electron chi connectivity index (χ4n) is 6.19. The molecule has 0 radical (unpaired) electrons. The third kappa shape index (κ3) is 2.72. The highest BCUT2D eigenvalue weighted by Crippen LogP contribution is 2.64. The second-order valence-corrected chi connectivity index (χ2v) is 9.60. The Bertz CT molecular complexity index is 1790. The van der Waals surface area contributed by atoms with Crippen molar-refractivity contribution in [1.82, 2.24) is 0 Å². The molecule has 0 aliphatic carbocycles. The number of carbonyl (C=O) groups is 3. The molecule has 39 heavy (non-hydrogen) atoms. The van der Waals surface area contributed by atoms with Crippen LogP contribution in [-0.4, -0.2) is 54.5 Å². The van der Waals surface area contributed by atoms with Crippen LogP contribution in [-0.2, 0) is 19.0 Å². The lowest BCUT2D eigenvalue weighted by Crippen LogP contribution is -2.50. The van der Waals surface area contributed by atoms with Gasteiger partial charge in [0.2, 0.25) is 5.60 Å². The van der Waals surface area contributed by atoms with Gasteiger partial charge < -0.3 is 33.9 Å². The first-order valence-corrected chi connectivity index (χ1v) is 12.1. The Morgan fingerprint density at radius 1 is 0.821 bits per heavy atom. The van der Waals surface area contributed by atoms with E-state index in [2.05, 4.69) is 0 Å². The molecule has 0 aromatic heterocycles. The van der Waals surface area contributed by atoms with Crippen LogP contribution in [0.25, 0.3) is 21.5 Å². The maximum Gasteiger partial charge on any atom is 0.342 e. The second kappa shape index (κ2) is 7.76. The van der Waals surface area contributed by atoms with Gasteiger partial charge in [0, 0.05) is 27.1 Å². The van der Waals surface area contributed by atoms with Crippen LogP contribution < -0.4 is 9.47 Å². The average Bonchev–Trinajstić information content (AvgIpc) is 3.47. The topological polar surface area (TPSA) is 138 Å². The van der Waals surface area contributed by atoms with Crippen molar-refractivity contribution in [3.63, 3.8) is 0 Å². The van der Waals surface area contributed by atoms with Gasteiger partial charge >= 0.3 is 17.9 Å². The average molecular weight is 528 g/mol. The Morgan fingerprint density at radius 2 is 1.33 bits per heavy atom. The number of hydrogen-bond acceptors (Lipinski definition) is 10. The quantitative estimate of drug-likeness (QED) is 0.291. The van der Waals surface area contributed by atoms with E-state index in [0.717, 1.165) is 7.11 Å². The summed E-state index contributed by atoms with van der Waals surface area (Å²) in [5, 5.41) is 24.0. The lowest BCUT2D eigenvalue weighted by molar-refractivity contribution is -0.139. The van der Waals surface area contributed by atoms with Crippen LogP contribution in [0.1, 0.15) is 43.9 Å². The highest BCUT2D eigenvalue weighted by atomic mass is 16.6. The molecule has 0 bridgehead atoms. The van der Waals surface area contributed by atoms with E-state index < -0.39 is 35.5 Å². The van der Waals surface area contributed by atoms with Crippen LogP contribution in [0.2, 0.25) is 0 Å². The number of phenolic OH excluding ortho intramolecular Hbond substituents is 2. The van der Waals surface area contributed by atoms with E-state index in [-0.39, 0.29) is 51.9 Å². The van der Waals surface area contributed by atoms with Crippen molar-refractivity contribution >= 4 is 39.5 Å². The second-order valence-electron chi connectivity index (χ2n) is 9.60. The van der Waals surface area contributed by atoms with Crippen LogP contribution in [0, 0.1) is 0 Å². The molecule has 4 aromatic carbocycles. The van der Waals surface area contributed by atoms with Crippen LogP contribution in [0.4, 0.5) is 0 Å². The van der Waals surface area contributed by atoms with E-state index in [9.17, 15) is 24.6 Å². The summed E-state index contributed by atoms with van der Waals surface area (Å²) < 4.78 is 28.7. The van der Waals surface area contributed by atoms with Gasteiger partial charge in [0.1, 0.15) is 46.6 Å². The maximum absolute atomic E-state index is 13.4. The predicted molar refractivity (Wildman–Crippen MR) is 134 cm³/mol. The molecule has 10 heteroatoms. The fourth-order valence-corrected chi connectivity index (χ4v) is 6.19. The van der Waals surface area contributed by atoms with Crippen LogP contribution in [0.5, 0.6) is 23.0 Å². The highest BCUT2D eigenvalue weighted by molar-refractivity contribution is 6.10. The first-order chi connectivity index (χ1) is 18.8. The van der Waals surface area contributed by atoms with Crippen molar-refractivity contribution in [2.45, 2.75) is 17.6 Å². The summed E-state index contributed by atoms with van der Waals surface area (Å²) in [4.78, 5) is 39.5. The largest absolute Gasteiger partial charge is 0.506 e. The Balaban J connectivity index is 1.61. The number of fused-ring (bicyclic) bond motifs is 8. The molecule has 0 unspecified atom stereocenters. The predicted octanol–water partition coefficient (Wildman–Crippen LogP) is 3.88. The van der Waals surface area contributed by atoms with Gasteiger partial charge in [-0.3, -0.25) is 4.79 Å². The molecule has 10 nitrogen and oxygen atoms in total. The number of ether oxygens (including phenoxy) is 5. The summed E-state index contributed by atoms with van der Waals surface area (Å²) in [6.45, 7) is -0.279. The van der Waals surface area contributed by atoms with Crippen LogP contribution in [0.3, 0.4) is 0 Å². The van der Waals surface area contributed by atoms with Crippen molar-refractivity contribution in [3.05, 3.63) is 70.8 Å². The first kappa shape index (κ1) is 23.2. The number of carbonyl (C=O) groups excluding carboxylic acids is 3. The van der Waals surface area contributed by atoms with E-state index in [4.69, 9.17) is 23.7 Å². The monoisotopic (exact) mass is 528 g/mol. The molecular formula is C29H20O10. The van der Waals surface area contributed by atoms with Gasteiger partial charge in [0.15, 0.2) is 6.10 Å². The van der Waals surface area contributed by atoms with Crippen molar-refractivity contribution in [2.24, 2.45) is 0 Å². The molecule has 3 atom stereocenters. The van der Waals surface area contributed by atoms with Gasteiger partial charge in [-0.2, -0.15) is 0 Å². The third-order valence-electron chi connectivity index (χ3n) is 7.82. The molecule has 7 rings (SSSR count). The molecule has 3 aliphatic rings. The van der Waals surface area contributed by atoms with Crippen molar-refractivity contribution in [1.29, 1.82) is 0 Å². The molecule has 1 fully saturated rings. The van der Waals surface area contributed by atoms with E-state index in [0.29, 0.717) is 21.5 Å². The number of hydrogen-bond donors (Lipinski definition) is 2. The maximum atomic E-state index is 13.4. The minimum atomic E-state index is -1.57. The first-order valence-electron chi connectivity index (χ1n) is 12.1. The van der Waals surface area contributed by atoms with Crippen LogP contribution >= 0.6 is 0 Å². The minimum absolute atomic E-state index is 0.0674. The van der Waals surface area contributed by atoms with Gasteiger partial charge in [0.25, 0.3) is 0 Å². The molecule has 1 saturated heterocycles. The van der Waals surface area contributed by atoms with E-state index >= 15 is 0 Å². The number of phenols is 2. The van der Waals surface area contributed by atoms with Gasteiger partial charge in [0.05, 0.1) is 19.8 Å². The number of methoxy groups -OCH3 is 2. The summed E-state index contributed by atoms with van der Waals surface area (Å²) in [5.41, 5.74) is -1.70. The summed E-state index contributed by atoms with van der Waals surface area (Å²) in [6, 6.07) is 13.5. The zero-order valence-electron chi connectivity index (χ0n) is 20.6. The molecule has 2 N–H and O–H groups in total. The van der Waals surface area contributed by atoms with Crippen molar-refractivity contribution < 1.29 is 48.3 Å². The van der Waals surface area contributed by atoms with E-state index in [1.54, 1.807) is 48.5 Å². The zero-order valence-corrected chi connectivity index (χ0v) is 20.6. The van der Waals surface area contributed by atoms with Gasteiger partial charge in [-0.05, 0) is 0 Å². The van der Waals surface area contributed by atoms with Gasteiger partial charge in [-0.25, -0.2) is 9.59 Å². The molecule has 3 aliphatic heterocycles. The lowest BCUT2D eigenvalue weighted by Gasteiger charge is -2.39. The normalized spacial score (nSPS) is 22.2. The Labute approximate surface area is 220 Å². The molecule has 0 amide bonds. The van der Waals surface area contributed by atoms with Crippen molar-refractivity contribution in [3.8, 4) is 23.0 Å². The Kier molecular flexibility index (Phi) is 4.61. The Hall–Kier alpha value is -4.99.